The topological polar surface area (TPSA) is 0 Å². The van der Waals surface area contributed by atoms with E-state index in [0.717, 1.165) is 12.0 Å². The first-order valence-corrected chi connectivity index (χ1v) is 8.35. The molecule has 0 N–H and O–H groups in total. The minimum absolute atomic E-state index is 0. The van der Waals surface area contributed by atoms with E-state index in [1.165, 1.54) is 0 Å². The Morgan fingerprint density at radius 1 is 1.06 bits per heavy atom. The van der Waals surface area contributed by atoms with Gasteiger partial charge in [-0.2, -0.15) is 30.7 Å². The third-order valence-electron chi connectivity index (χ3n) is 1.43. The van der Waals surface area contributed by atoms with Gasteiger partial charge in [0.2, 0.25) is 0 Å². The number of benzene rings is 1. The predicted octanol–water partition coefficient (Wildman–Crippen LogP) is 4.31. The van der Waals surface area contributed by atoms with E-state index >= 15 is 0 Å². The van der Waals surface area contributed by atoms with Gasteiger partial charge in [0.15, 0.2) is 0 Å². The summed E-state index contributed by atoms with van der Waals surface area (Å²) >= 11 is 2.03. The Labute approximate surface area is 148 Å². The molecule has 18 heavy (non-hydrogen) atoms. The van der Waals surface area contributed by atoms with Crippen molar-refractivity contribution in [2.24, 2.45) is 0 Å². The molecule has 1 aromatic rings. The molecule has 1 aliphatic rings. The van der Waals surface area contributed by atoms with Gasteiger partial charge in [-0.1, -0.05) is 6.07 Å². The minimum atomic E-state index is 0. The molecule has 0 nitrogen and oxygen atoms in total. The van der Waals surface area contributed by atoms with Gasteiger partial charge in [0.05, 0.1) is 0 Å². The van der Waals surface area contributed by atoms with Crippen LogP contribution in [0.5, 0.6) is 0 Å². The van der Waals surface area contributed by atoms with Crippen molar-refractivity contribution in [3.05, 3.63) is 82.0 Å². The molecule has 0 saturated carbocycles. The molecule has 1 aromatic carbocycles. The average Bonchev–Trinajstić information content (AvgIpc) is 2.80. The Balaban J connectivity index is -0.0000000470. The summed E-state index contributed by atoms with van der Waals surface area (Å²) in [5.41, 5.74) is 1.07. The molecular formula is C14H22Br2SiTi-4. The molecule has 0 saturated heterocycles. The first-order valence-electron chi connectivity index (χ1n) is 4.33. The maximum absolute atomic E-state index is 3.72. The van der Waals surface area contributed by atoms with E-state index < -0.39 is 0 Å². The van der Waals surface area contributed by atoms with Crippen LogP contribution < -0.4 is 0 Å². The molecule has 0 spiro atoms. The van der Waals surface area contributed by atoms with Crippen molar-refractivity contribution in [2.45, 2.75) is 6.42 Å². The SMILES string of the molecule is Br.Br.[C-]1=CC=CC1.[CH2-]c1ccccc1.[CH3-].[CH3-].[SiH2]=[Ti]. The summed E-state index contributed by atoms with van der Waals surface area (Å²) < 4.78 is 0. The zero-order valence-corrected chi connectivity index (χ0v) is 17.5. The second-order valence-corrected chi connectivity index (χ2v) is 2.49. The Hall–Kier alpha value is 0.461. The van der Waals surface area contributed by atoms with E-state index in [9.17, 15) is 0 Å². The molecule has 4 heteroatoms. The van der Waals surface area contributed by atoms with Gasteiger partial charge in [0.25, 0.3) is 0 Å². The quantitative estimate of drug-likeness (QED) is 0.429. The third-order valence-corrected chi connectivity index (χ3v) is 1.43. The van der Waals surface area contributed by atoms with Gasteiger partial charge in [0, 0.05) is 0 Å². The number of rotatable bonds is 0. The van der Waals surface area contributed by atoms with E-state index in [2.05, 4.69) is 19.1 Å². The van der Waals surface area contributed by atoms with Crippen LogP contribution >= 0.6 is 34.0 Å². The van der Waals surface area contributed by atoms with Crippen molar-refractivity contribution in [1.29, 1.82) is 0 Å². The van der Waals surface area contributed by atoms with Gasteiger partial charge in [-0.05, 0) is 0 Å². The number of hydrogen-bond acceptors (Lipinski definition) is 0. The fraction of sp³-hybridized carbons (Fsp3) is 0.0714. The van der Waals surface area contributed by atoms with Crippen LogP contribution in [0.15, 0.2) is 48.6 Å². The number of allylic oxidation sites excluding steroid dienone is 4. The Bertz CT molecular complexity index is 277. The molecule has 2 rings (SSSR count). The average molecular weight is 426 g/mol. The van der Waals surface area contributed by atoms with Gasteiger partial charge in [-0.15, -0.1) is 52.5 Å². The summed E-state index contributed by atoms with van der Waals surface area (Å²) in [6.07, 6.45) is 10.0. The molecular weight excluding hydrogens is 404 g/mol. The fourth-order valence-electron chi connectivity index (χ4n) is 0.818. The van der Waals surface area contributed by atoms with Gasteiger partial charge < -0.3 is 14.9 Å². The van der Waals surface area contributed by atoms with Crippen molar-refractivity contribution in [3.8, 4) is 0 Å². The Morgan fingerprint density at radius 3 is 1.72 bits per heavy atom. The molecule has 0 aliphatic heterocycles. The summed E-state index contributed by atoms with van der Waals surface area (Å²) in [6.45, 7) is 3.72. The Kier molecular flexibility index (Phi) is 45.1. The van der Waals surface area contributed by atoms with Crippen molar-refractivity contribution in [2.75, 3.05) is 0 Å². The second-order valence-electron chi connectivity index (χ2n) is 2.49. The third kappa shape index (κ3) is 21.7. The van der Waals surface area contributed by atoms with Gasteiger partial charge >= 0.3 is 26.8 Å². The van der Waals surface area contributed by atoms with Gasteiger partial charge in [-0.3, -0.25) is 6.08 Å². The van der Waals surface area contributed by atoms with Crippen LogP contribution in [-0.2, 0) is 19.2 Å². The van der Waals surface area contributed by atoms with Crippen molar-refractivity contribution in [1.82, 2.24) is 0 Å². The van der Waals surface area contributed by atoms with E-state index in [4.69, 9.17) is 0 Å². The molecule has 0 aromatic heterocycles. The number of hydrogen-bond donors (Lipinski definition) is 0. The van der Waals surface area contributed by atoms with E-state index in [1.54, 1.807) is 0 Å². The summed E-state index contributed by atoms with van der Waals surface area (Å²) in [5, 5.41) is 0. The van der Waals surface area contributed by atoms with Crippen LogP contribution in [0.3, 0.4) is 0 Å². The van der Waals surface area contributed by atoms with Crippen LogP contribution in [0, 0.1) is 27.9 Å². The van der Waals surface area contributed by atoms with Crippen molar-refractivity contribution >= 4 is 41.6 Å². The summed E-state index contributed by atoms with van der Waals surface area (Å²) in [5.74, 6) is 0. The predicted molar refractivity (Wildman–Crippen MR) is 94.5 cm³/mol. The Morgan fingerprint density at radius 2 is 1.56 bits per heavy atom. The molecule has 0 unspecified atom stereocenters. The zero-order chi connectivity index (χ0) is 10.6. The molecule has 0 bridgehead atoms. The first kappa shape index (κ1) is 31.1. The van der Waals surface area contributed by atoms with Gasteiger partial charge in [0.1, 0.15) is 0 Å². The summed E-state index contributed by atoms with van der Waals surface area (Å²) in [6, 6.07) is 9.87. The maximum atomic E-state index is 3.72. The van der Waals surface area contributed by atoms with Crippen molar-refractivity contribution < 1.29 is 19.2 Å². The molecule has 0 radical (unpaired) electrons. The molecule has 1 aliphatic carbocycles. The molecule has 0 heterocycles. The molecule has 0 amide bonds. The van der Waals surface area contributed by atoms with Crippen LogP contribution in [-0.4, -0.2) is 7.63 Å². The monoisotopic (exact) mass is 424 g/mol. The van der Waals surface area contributed by atoms with E-state index in [-0.39, 0.29) is 48.8 Å². The van der Waals surface area contributed by atoms with Crippen LogP contribution in [0.25, 0.3) is 0 Å². The van der Waals surface area contributed by atoms with Crippen LogP contribution in [0.4, 0.5) is 0 Å². The summed E-state index contributed by atoms with van der Waals surface area (Å²) in [7, 11) is 1.86. The molecule has 0 atom stereocenters. The van der Waals surface area contributed by atoms with Gasteiger partial charge in [-0.25, -0.2) is 12.2 Å². The van der Waals surface area contributed by atoms with Crippen LogP contribution in [0.2, 0.25) is 0 Å². The zero-order valence-electron chi connectivity index (χ0n) is 11.1. The van der Waals surface area contributed by atoms with E-state index in [1.807, 2.05) is 69.3 Å². The molecule has 104 valence electrons. The van der Waals surface area contributed by atoms with Crippen molar-refractivity contribution in [3.63, 3.8) is 0 Å². The fourth-order valence-corrected chi connectivity index (χ4v) is 0.818. The second kappa shape index (κ2) is 26.1. The van der Waals surface area contributed by atoms with E-state index in [0.29, 0.717) is 0 Å². The normalized spacial score (nSPS) is 8.39. The standard InChI is InChI=1S/C7H7.C5H5.2CH3.2BrH.H2Si.Ti/c1-7-5-3-2-4-6-7;1-2-4-5-3-1;;;;;;/h2-6H,1H2;1-3H,4H2;2*1H3;2*1H;1H2;/q4*-1;;;;. The summed E-state index contributed by atoms with van der Waals surface area (Å²) in [4.78, 5) is 0. The van der Waals surface area contributed by atoms with Crippen LogP contribution in [0.1, 0.15) is 12.0 Å². The first-order chi connectivity index (χ1) is 6.89. The number of halogens is 2. The molecule has 0 fully saturated rings.